The van der Waals surface area contributed by atoms with E-state index in [0.29, 0.717) is 5.92 Å². The van der Waals surface area contributed by atoms with Crippen molar-refractivity contribution < 1.29 is 4.79 Å². The van der Waals surface area contributed by atoms with Crippen LogP contribution in [0.5, 0.6) is 0 Å². The Morgan fingerprint density at radius 1 is 1.15 bits per heavy atom. The highest BCUT2D eigenvalue weighted by atomic mass is 16.2. The molecule has 0 spiro atoms. The van der Waals surface area contributed by atoms with E-state index in [1.165, 1.54) is 19.3 Å². The molecule has 0 N–H and O–H groups in total. The van der Waals surface area contributed by atoms with Gasteiger partial charge in [0.1, 0.15) is 5.82 Å². The summed E-state index contributed by atoms with van der Waals surface area (Å²) < 4.78 is 1.91. The molecule has 0 unspecified atom stereocenters. The third-order valence-corrected chi connectivity index (χ3v) is 6.18. The highest BCUT2D eigenvalue weighted by Crippen LogP contribution is 2.35. The number of amides is 1. The molecule has 2 aromatic heterocycles. The van der Waals surface area contributed by atoms with Crippen molar-refractivity contribution in [1.82, 2.24) is 24.7 Å². The van der Waals surface area contributed by atoms with Gasteiger partial charge >= 0.3 is 0 Å². The van der Waals surface area contributed by atoms with E-state index in [-0.39, 0.29) is 17.9 Å². The highest BCUT2D eigenvalue weighted by molar-refractivity contribution is 5.80. The number of fused-ring (bicyclic) bond motifs is 1. The van der Waals surface area contributed by atoms with Crippen molar-refractivity contribution in [3.05, 3.63) is 30.1 Å². The first-order valence-corrected chi connectivity index (χ1v) is 9.59. The Hall–Kier alpha value is -2.44. The largest absolute Gasteiger partial charge is 0.351 e. The summed E-state index contributed by atoms with van der Waals surface area (Å²) >= 11 is 0. The molecule has 136 valence electrons. The van der Waals surface area contributed by atoms with Crippen molar-refractivity contribution in [3.63, 3.8) is 0 Å². The lowest BCUT2D eigenvalue weighted by molar-refractivity contribution is -0.136. The first kappa shape index (κ1) is 15.8. The van der Waals surface area contributed by atoms with Crippen LogP contribution in [-0.2, 0) is 4.79 Å². The summed E-state index contributed by atoms with van der Waals surface area (Å²) in [6.45, 7) is 1.67. The number of carbonyl (C=O) groups is 1. The molecule has 0 bridgehead atoms. The first-order chi connectivity index (χ1) is 12.7. The van der Waals surface area contributed by atoms with Crippen LogP contribution in [0.3, 0.4) is 0 Å². The van der Waals surface area contributed by atoms with Crippen LogP contribution in [0.25, 0.3) is 5.65 Å². The molecule has 0 radical (unpaired) electrons. The minimum absolute atomic E-state index is 0.144. The van der Waals surface area contributed by atoms with Gasteiger partial charge in [0.05, 0.1) is 6.04 Å². The summed E-state index contributed by atoms with van der Waals surface area (Å²) in [7, 11) is 1.94. The normalized spacial score (nSPS) is 21.2. The maximum atomic E-state index is 12.6. The molecule has 1 saturated heterocycles. The van der Waals surface area contributed by atoms with Crippen LogP contribution < -0.4 is 4.90 Å². The number of hydrogen-bond acceptors (Lipinski definition) is 5. The fraction of sp³-hybridized carbons (Fsp3) is 0.579. The van der Waals surface area contributed by atoms with Crippen molar-refractivity contribution >= 4 is 17.4 Å². The summed E-state index contributed by atoms with van der Waals surface area (Å²) in [5.74, 6) is 2.85. The second-order valence-corrected chi connectivity index (χ2v) is 7.80. The van der Waals surface area contributed by atoms with Gasteiger partial charge in [0.2, 0.25) is 5.91 Å². The number of anilines is 1. The summed E-state index contributed by atoms with van der Waals surface area (Å²) in [6, 6.07) is 4.27. The Morgan fingerprint density at radius 3 is 2.62 bits per heavy atom. The second kappa shape index (κ2) is 6.07. The van der Waals surface area contributed by atoms with Gasteiger partial charge < -0.3 is 9.80 Å². The molecule has 26 heavy (non-hydrogen) atoms. The molecule has 1 saturated carbocycles. The first-order valence-electron chi connectivity index (χ1n) is 9.59. The van der Waals surface area contributed by atoms with Crippen molar-refractivity contribution in [2.24, 2.45) is 5.92 Å². The minimum Gasteiger partial charge on any atom is -0.351 e. The van der Waals surface area contributed by atoms with Crippen LogP contribution in [0.15, 0.2) is 24.3 Å². The van der Waals surface area contributed by atoms with Crippen molar-refractivity contribution in [1.29, 1.82) is 0 Å². The molecule has 7 nitrogen and oxygen atoms in total. The Balaban J connectivity index is 1.27. The van der Waals surface area contributed by atoms with Gasteiger partial charge in [0.25, 0.3) is 0 Å². The molecule has 7 heteroatoms. The molecule has 2 aromatic rings. The summed E-state index contributed by atoms with van der Waals surface area (Å²) in [5, 5.41) is 13.4. The SMILES string of the molecule is CN(C(=O)C1CC=CC1)C1CN(c2ccc3nnc(C4CCC4)n3n2)C1. The van der Waals surface area contributed by atoms with Gasteiger partial charge in [-0.2, -0.15) is 4.52 Å². The van der Waals surface area contributed by atoms with Gasteiger partial charge in [-0.15, -0.1) is 15.3 Å². The van der Waals surface area contributed by atoms with Crippen molar-refractivity contribution in [2.45, 2.75) is 44.1 Å². The van der Waals surface area contributed by atoms with E-state index >= 15 is 0 Å². The van der Waals surface area contributed by atoms with Gasteiger partial charge in [-0.05, 0) is 37.8 Å². The van der Waals surface area contributed by atoms with Crippen LogP contribution in [0.2, 0.25) is 0 Å². The van der Waals surface area contributed by atoms with E-state index in [2.05, 4.69) is 27.2 Å². The van der Waals surface area contributed by atoms with Crippen LogP contribution >= 0.6 is 0 Å². The van der Waals surface area contributed by atoms with Gasteiger partial charge in [-0.3, -0.25) is 4.79 Å². The van der Waals surface area contributed by atoms with Gasteiger partial charge in [-0.25, -0.2) is 0 Å². The predicted molar refractivity (Wildman–Crippen MR) is 98.0 cm³/mol. The van der Waals surface area contributed by atoms with E-state index in [9.17, 15) is 4.79 Å². The minimum atomic E-state index is 0.144. The number of aromatic nitrogens is 4. The maximum Gasteiger partial charge on any atom is 0.226 e. The number of likely N-dealkylation sites (N-methyl/N-ethyl adjacent to an activating group) is 1. The number of nitrogens with zero attached hydrogens (tertiary/aromatic N) is 6. The molecule has 1 amide bonds. The van der Waals surface area contributed by atoms with Crippen molar-refractivity contribution in [2.75, 3.05) is 25.0 Å². The second-order valence-electron chi connectivity index (χ2n) is 7.80. The van der Waals surface area contributed by atoms with Crippen LogP contribution in [0, 0.1) is 5.92 Å². The zero-order valence-electron chi connectivity index (χ0n) is 15.1. The molecule has 0 aromatic carbocycles. The summed E-state index contributed by atoms with van der Waals surface area (Å²) in [4.78, 5) is 16.7. The van der Waals surface area contributed by atoms with Crippen LogP contribution in [-0.4, -0.2) is 56.8 Å². The molecule has 2 aliphatic carbocycles. The third-order valence-electron chi connectivity index (χ3n) is 6.18. The Bertz CT molecular complexity index is 856. The third kappa shape index (κ3) is 2.48. The number of carbonyl (C=O) groups excluding carboxylic acids is 1. The molecule has 5 rings (SSSR count). The zero-order chi connectivity index (χ0) is 17.7. The van der Waals surface area contributed by atoms with Gasteiger partial charge in [-0.1, -0.05) is 18.6 Å². The average molecular weight is 352 g/mol. The summed E-state index contributed by atoms with van der Waals surface area (Å²) in [6.07, 6.45) is 9.63. The average Bonchev–Trinajstić information content (AvgIpc) is 3.21. The van der Waals surface area contributed by atoms with E-state index in [4.69, 9.17) is 5.10 Å². The van der Waals surface area contributed by atoms with Crippen LogP contribution in [0.1, 0.15) is 43.8 Å². The Labute approximate surface area is 152 Å². The van der Waals surface area contributed by atoms with Crippen LogP contribution in [0.4, 0.5) is 5.82 Å². The quantitative estimate of drug-likeness (QED) is 0.788. The molecule has 3 aliphatic rings. The van der Waals surface area contributed by atoms with E-state index in [1.54, 1.807) is 0 Å². The topological polar surface area (TPSA) is 66.6 Å². The number of rotatable bonds is 4. The zero-order valence-corrected chi connectivity index (χ0v) is 15.1. The smallest absolute Gasteiger partial charge is 0.226 e. The van der Waals surface area contributed by atoms with Gasteiger partial charge in [0, 0.05) is 32.0 Å². The molecule has 0 atom stereocenters. The Morgan fingerprint density at radius 2 is 1.92 bits per heavy atom. The molecule has 1 aliphatic heterocycles. The fourth-order valence-corrected chi connectivity index (χ4v) is 4.06. The molecular weight excluding hydrogens is 328 g/mol. The monoisotopic (exact) mass is 352 g/mol. The van der Waals surface area contributed by atoms with E-state index < -0.39 is 0 Å². The molecular formula is C19H24N6O. The summed E-state index contributed by atoms with van der Waals surface area (Å²) in [5.41, 5.74) is 0.814. The van der Waals surface area contributed by atoms with Crippen molar-refractivity contribution in [3.8, 4) is 0 Å². The number of allylic oxidation sites excluding steroid dienone is 2. The van der Waals surface area contributed by atoms with E-state index in [0.717, 1.165) is 43.2 Å². The van der Waals surface area contributed by atoms with Gasteiger partial charge in [0.15, 0.2) is 11.5 Å². The fourth-order valence-electron chi connectivity index (χ4n) is 4.06. The lowest BCUT2D eigenvalue weighted by Crippen LogP contribution is -2.60. The molecule has 3 heterocycles. The molecule has 2 fully saturated rings. The number of hydrogen-bond donors (Lipinski definition) is 0. The lowest BCUT2D eigenvalue weighted by atomic mass is 9.85. The van der Waals surface area contributed by atoms with E-state index in [1.807, 2.05) is 28.6 Å². The lowest BCUT2D eigenvalue weighted by Gasteiger charge is -2.45. The highest BCUT2D eigenvalue weighted by Gasteiger charge is 2.36. The Kier molecular flexibility index (Phi) is 3.69. The predicted octanol–water partition coefficient (Wildman–Crippen LogP) is 2.00. The standard InChI is InChI=1S/C19H24N6O/c1-23(19(26)14-5-2-3-6-14)15-11-24(12-15)17-10-9-16-20-21-18(25(16)22-17)13-7-4-8-13/h2-3,9-10,13-15H,4-8,11-12H2,1H3. The maximum absolute atomic E-state index is 12.6.